The second-order valence-corrected chi connectivity index (χ2v) is 8.60. The third-order valence-corrected chi connectivity index (χ3v) is 6.73. The normalized spacial score (nSPS) is 39.2. The lowest BCUT2D eigenvalue weighted by Crippen LogP contribution is -2.46. The van der Waals surface area contributed by atoms with Gasteiger partial charge in [-0.25, -0.2) is 0 Å². The van der Waals surface area contributed by atoms with E-state index < -0.39 is 0 Å². The molecule has 23 heavy (non-hydrogen) atoms. The number of ether oxygens (including phenoxy) is 2. The molecule has 3 nitrogen and oxygen atoms in total. The summed E-state index contributed by atoms with van der Waals surface area (Å²) in [7, 11) is 0. The van der Waals surface area contributed by atoms with Gasteiger partial charge in [-0.3, -0.25) is 4.90 Å². The first-order valence-electron chi connectivity index (χ1n) is 9.64. The zero-order valence-electron chi connectivity index (χ0n) is 15.5. The van der Waals surface area contributed by atoms with Gasteiger partial charge in [-0.1, -0.05) is 46.3 Å². The molecule has 0 N–H and O–H groups in total. The van der Waals surface area contributed by atoms with Crippen LogP contribution in [0.3, 0.4) is 0 Å². The van der Waals surface area contributed by atoms with E-state index in [9.17, 15) is 0 Å². The van der Waals surface area contributed by atoms with E-state index >= 15 is 0 Å². The maximum atomic E-state index is 6.51. The molecule has 0 amide bonds. The Morgan fingerprint density at radius 3 is 2.78 bits per heavy atom. The Kier molecular flexibility index (Phi) is 5.20. The first kappa shape index (κ1) is 17.4. The van der Waals surface area contributed by atoms with Crippen molar-refractivity contribution in [3.05, 3.63) is 12.2 Å². The minimum Gasteiger partial charge on any atom is -0.347 e. The minimum atomic E-state index is -0.295. The maximum absolute atomic E-state index is 6.51. The summed E-state index contributed by atoms with van der Waals surface area (Å²) in [6.07, 6.45) is 10.8. The van der Waals surface area contributed by atoms with Gasteiger partial charge in [0.2, 0.25) is 0 Å². The third kappa shape index (κ3) is 3.67. The van der Waals surface area contributed by atoms with Gasteiger partial charge in [0.1, 0.15) is 0 Å². The Morgan fingerprint density at radius 2 is 2.13 bits per heavy atom. The lowest BCUT2D eigenvalue weighted by atomic mass is 9.65. The SMILES string of the molecule is CCC(C)(C)C1CCC2(OCC(CN3CC=CCC3)O2)C(C)C1. The third-order valence-electron chi connectivity index (χ3n) is 6.73. The van der Waals surface area contributed by atoms with Crippen LogP contribution in [0.15, 0.2) is 12.2 Å². The van der Waals surface area contributed by atoms with Gasteiger partial charge in [0, 0.05) is 32.0 Å². The molecule has 0 aromatic rings. The summed E-state index contributed by atoms with van der Waals surface area (Å²) in [5, 5.41) is 0. The number of hydrogen-bond donors (Lipinski definition) is 0. The van der Waals surface area contributed by atoms with Crippen LogP contribution in [-0.4, -0.2) is 43.0 Å². The van der Waals surface area contributed by atoms with E-state index in [4.69, 9.17) is 9.47 Å². The average molecular weight is 322 g/mol. The van der Waals surface area contributed by atoms with E-state index in [-0.39, 0.29) is 11.9 Å². The van der Waals surface area contributed by atoms with Gasteiger partial charge < -0.3 is 9.47 Å². The van der Waals surface area contributed by atoms with Crippen molar-refractivity contribution < 1.29 is 9.47 Å². The molecule has 4 unspecified atom stereocenters. The Hall–Kier alpha value is -0.380. The van der Waals surface area contributed by atoms with Crippen molar-refractivity contribution in [3.8, 4) is 0 Å². The predicted octanol–water partition coefficient (Wildman–Crippen LogP) is 4.23. The van der Waals surface area contributed by atoms with Crippen LogP contribution in [0.25, 0.3) is 0 Å². The zero-order valence-corrected chi connectivity index (χ0v) is 15.5. The second kappa shape index (κ2) is 6.85. The summed E-state index contributed by atoms with van der Waals surface area (Å²) >= 11 is 0. The molecule has 0 aromatic heterocycles. The fourth-order valence-corrected chi connectivity index (χ4v) is 4.55. The molecule has 0 bridgehead atoms. The summed E-state index contributed by atoms with van der Waals surface area (Å²) in [6, 6.07) is 0. The Morgan fingerprint density at radius 1 is 1.30 bits per heavy atom. The Bertz CT molecular complexity index is 433. The number of hydrogen-bond acceptors (Lipinski definition) is 3. The summed E-state index contributed by atoms with van der Waals surface area (Å²) in [5.41, 5.74) is 0.439. The largest absolute Gasteiger partial charge is 0.347 e. The van der Waals surface area contributed by atoms with Crippen LogP contribution in [0, 0.1) is 17.3 Å². The molecule has 1 aliphatic carbocycles. The zero-order chi connectivity index (χ0) is 16.5. The summed E-state index contributed by atoms with van der Waals surface area (Å²) in [4.78, 5) is 2.49. The number of rotatable bonds is 4. The lowest BCUT2D eigenvalue weighted by molar-refractivity contribution is -0.228. The van der Waals surface area contributed by atoms with Crippen LogP contribution >= 0.6 is 0 Å². The molecule has 1 saturated carbocycles. The smallest absolute Gasteiger partial charge is 0.171 e. The molecule has 2 aliphatic heterocycles. The van der Waals surface area contributed by atoms with Gasteiger partial charge in [0.15, 0.2) is 5.79 Å². The molecule has 0 aromatic carbocycles. The van der Waals surface area contributed by atoms with Gasteiger partial charge in [-0.05, 0) is 30.6 Å². The highest BCUT2D eigenvalue weighted by Gasteiger charge is 2.50. The van der Waals surface area contributed by atoms with Crippen molar-refractivity contribution in [3.63, 3.8) is 0 Å². The molecule has 3 aliphatic rings. The van der Waals surface area contributed by atoms with Crippen LogP contribution in [0.5, 0.6) is 0 Å². The van der Waals surface area contributed by atoms with Crippen molar-refractivity contribution in [2.24, 2.45) is 17.3 Å². The molecule has 3 heteroatoms. The van der Waals surface area contributed by atoms with Crippen LogP contribution in [0.4, 0.5) is 0 Å². The lowest BCUT2D eigenvalue weighted by Gasteiger charge is -2.46. The van der Waals surface area contributed by atoms with Crippen molar-refractivity contribution in [2.75, 3.05) is 26.2 Å². The average Bonchev–Trinajstić information content (AvgIpc) is 2.95. The Balaban J connectivity index is 1.56. The van der Waals surface area contributed by atoms with Crippen molar-refractivity contribution in [1.29, 1.82) is 0 Å². The molecule has 2 heterocycles. The van der Waals surface area contributed by atoms with E-state index in [1.54, 1.807) is 0 Å². The molecule has 1 spiro atoms. The van der Waals surface area contributed by atoms with Crippen molar-refractivity contribution >= 4 is 0 Å². The minimum absolute atomic E-state index is 0.250. The van der Waals surface area contributed by atoms with Crippen LogP contribution in [0.2, 0.25) is 0 Å². The molecule has 2 fully saturated rings. The van der Waals surface area contributed by atoms with Gasteiger partial charge >= 0.3 is 0 Å². The monoisotopic (exact) mass is 321 g/mol. The molecule has 4 atom stereocenters. The van der Waals surface area contributed by atoms with E-state index in [2.05, 4.69) is 44.7 Å². The molecular formula is C20H35NO2. The molecule has 132 valence electrons. The Labute approximate surface area is 142 Å². The van der Waals surface area contributed by atoms with Crippen LogP contribution < -0.4 is 0 Å². The van der Waals surface area contributed by atoms with Crippen LogP contribution in [0.1, 0.15) is 59.8 Å². The molecule has 0 radical (unpaired) electrons. The van der Waals surface area contributed by atoms with Crippen molar-refractivity contribution in [1.82, 2.24) is 4.90 Å². The fourth-order valence-electron chi connectivity index (χ4n) is 4.55. The first-order valence-corrected chi connectivity index (χ1v) is 9.64. The van der Waals surface area contributed by atoms with Crippen LogP contribution in [-0.2, 0) is 9.47 Å². The highest BCUT2D eigenvalue weighted by molar-refractivity contribution is 4.95. The van der Waals surface area contributed by atoms with E-state index in [0.29, 0.717) is 11.3 Å². The van der Waals surface area contributed by atoms with E-state index in [0.717, 1.165) is 38.6 Å². The van der Waals surface area contributed by atoms with Crippen molar-refractivity contribution in [2.45, 2.75) is 71.7 Å². The molecule has 1 saturated heterocycles. The highest BCUT2D eigenvalue weighted by Crippen LogP contribution is 2.49. The highest BCUT2D eigenvalue weighted by atomic mass is 16.7. The van der Waals surface area contributed by atoms with E-state index in [1.165, 1.54) is 25.7 Å². The van der Waals surface area contributed by atoms with E-state index in [1.807, 2.05) is 0 Å². The van der Waals surface area contributed by atoms with Gasteiger partial charge in [0.25, 0.3) is 0 Å². The molecular weight excluding hydrogens is 286 g/mol. The topological polar surface area (TPSA) is 21.7 Å². The predicted molar refractivity (Wildman–Crippen MR) is 94.3 cm³/mol. The maximum Gasteiger partial charge on any atom is 0.171 e. The summed E-state index contributed by atoms with van der Waals surface area (Å²) < 4.78 is 12.8. The van der Waals surface area contributed by atoms with Gasteiger partial charge in [-0.2, -0.15) is 0 Å². The van der Waals surface area contributed by atoms with Gasteiger partial charge in [-0.15, -0.1) is 0 Å². The number of nitrogens with zero attached hydrogens (tertiary/aromatic N) is 1. The van der Waals surface area contributed by atoms with Gasteiger partial charge in [0.05, 0.1) is 12.7 Å². The quantitative estimate of drug-likeness (QED) is 0.723. The second-order valence-electron chi connectivity index (χ2n) is 8.60. The fraction of sp³-hybridized carbons (Fsp3) is 0.900. The summed E-state index contributed by atoms with van der Waals surface area (Å²) in [5.74, 6) is 1.00. The summed E-state index contributed by atoms with van der Waals surface area (Å²) in [6.45, 7) is 13.5. The molecule has 3 rings (SSSR count). The standard InChI is InChI=1S/C20H35NO2/c1-5-19(3,4)17-9-10-20(16(2)13-17)22-15-18(23-20)14-21-11-7-6-8-12-21/h6-7,16-18H,5,8-15H2,1-4H3. The first-order chi connectivity index (χ1) is 11.0.